The minimum Gasteiger partial charge on any atom is -0.490 e. The first kappa shape index (κ1) is 20.5. The topological polar surface area (TPSA) is 114 Å². The van der Waals surface area contributed by atoms with Gasteiger partial charge in [0.25, 0.3) is 11.8 Å². The summed E-state index contributed by atoms with van der Waals surface area (Å²) in [4.78, 5) is 23.3. The predicted octanol–water partition coefficient (Wildman–Crippen LogP) is 2.80. The van der Waals surface area contributed by atoms with Crippen LogP contribution in [0.3, 0.4) is 0 Å². The number of aryl methyl sites for hydroxylation is 1. The van der Waals surface area contributed by atoms with Crippen molar-refractivity contribution >= 4 is 23.6 Å². The Morgan fingerprint density at radius 2 is 1.86 bits per heavy atom. The number of nitrogens with one attached hydrogen (secondary N) is 1. The number of anilines is 1. The third-order valence-corrected chi connectivity index (χ3v) is 3.66. The van der Waals surface area contributed by atoms with Crippen LogP contribution in [0.25, 0.3) is 6.08 Å². The molecule has 28 heavy (non-hydrogen) atoms. The fourth-order valence-electron chi connectivity index (χ4n) is 2.30. The van der Waals surface area contributed by atoms with Gasteiger partial charge in [-0.25, -0.2) is 0 Å². The summed E-state index contributed by atoms with van der Waals surface area (Å²) in [6.45, 7) is 3.94. The number of carbonyl (C=O) groups excluding carboxylic acids is 2. The third-order valence-electron chi connectivity index (χ3n) is 3.66. The van der Waals surface area contributed by atoms with Gasteiger partial charge in [-0.15, -0.1) is 0 Å². The van der Waals surface area contributed by atoms with E-state index < -0.39 is 5.91 Å². The lowest BCUT2D eigenvalue weighted by atomic mass is 10.1. The zero-order valence-corrected chi connectivity index (χ0v) is 15.7. The van der Waals surface area contributed by atoms with E-state index in [1.54, 1.807) is 31.2 Å². The van der Waals surface area contributed by atoms with Gasteiger partial charge in [-0.05, 0) is 49.8 Å². The van der Waals surface area contributed by atoms with Crippen molar-refractivity contribution in [2.75, 3.05) is 18.5 Å². The minimum atomic E-state index is -0.812. The summed E-state index contributed by atoms with van der Waals surface area (Å²) in [5.41, 5.74) is 7.30. The van der Waals surface area contributed by atoms with Crippen LogP contribution in [-0.2, 0) is 9.59 Å². The second kappa shape index (κ2) is 9.78. The fourth-order valence-corrected chi connectivity index (χ4v) is 2.30. The molecule has 0 atom stereocenters. The van der Waals surface area contributed by atoms with Crippen molar-refractivity contribution in [3.8, 4) is 17.6 Å². The molecule has 0 saturated heterocycles. The van der Waals surface area contributed by atoms with Gasteiger partial charge in [0.15, 0.2) is 18.1 Å². The molecule has 144 valence electrons. The smallest absolute Gasteiger partial charge is 0.262 e. The SMILES string of the molecule is CCOc1cc(C=C(C#N)C(N)=O)ccc1OCC(=O)Nc1ccc(C)cc1. The molecule has 0 bridgehead atoms. The number of nitrogens with two attached hydrogens (primary N) is 1. The molecule has 7 heteroatoms. The summed E-state index contributed by atoms with van der Waals surface area (Å²) in [5, 5.41) is 11.7. The third kappa shape index (κ3) is 5.88. The number of carbonyl (C=O) groups is 2. The van der Waals surface area contributed by atoms with E-state index in [1.807, 2.05) is 31.2 Å². The molecular formula is C21H21N3O4. The first-order chi connectivity index (χ1) is 13.4. The van der Waals surface area contributed by atoms with Crippen molar-refractivity contribution < 1.29 is 19.1 Å². The van der Waals surface area contributed by atoms with Crippen LogP contribution in [0.4, 0.5) is 5.69 Å². The van der Waals surface area contributed by atoms with Crippen molar-refractivity contribution in [3.05, 3.63) is 59.2 Å². The Kier molecular flexibility index (Phi) is 7.17. The molecule has 0 heterocycles. The van der Waals surface area contributed by atoms with Crippen molar-refractivity contribution in [2.45, 2.75) is 13.8 Å². The maximum absolute atomic E-state index is 12.1. The average Bonchev–Trinajstić information content (AvgIpc) is 2.67. The van der Waals surface area contributed by atoms with E-state index in [9.17, 15) is 9.59 Å². The summed E-state index contributed by atoms with van der Waals surface area (Å²) in [5.74, 6) is -0.360. The molecule has 0 radical (unpaired) electrons. The zero-order valence-electron chi connectivity index (χ0n) is 15.7. The summed E-state index contributed by atoms with van der Waals surface area (Å²) < 4.78 is 11.1. The number of ether oxygens (including phenoxy) is 2. The molecule has 2 amide bonds. The van der Waals surface area contributed by atoms with Crippen LogP contribution in [0.2, 0.25) is 0 Å². The van der Waals surface area contributed by atoms with E-state index in [4.69, 9.17) is 20.5 Å². The van der Waals surface area contributed by atoms with Crippen molar-refractivity contribution in [3.63, 3.8) is 0 Å². The number of nitriles is 1. The number of rotatable bonds is 8. The molecule has 0 aliphatic heterocycles. The normalized spacial score (nSPS) is 10.7. The van der Waals surface area contributed by atoms with Crippen LogP contribution in [0.15, 0.2) is 48.0 Å². The summed E-state index contributed by atoms with van der Waals surface area (Å²) in [6.07, 6.45) is 1.36. The largest absolute Gasteiger partial charge is 0.490 e. The van der Waals surface area contributed by atoms with Gasteiger partial charge in [0.1, 0.15) is 11.6 Å². The van der Waals surface area contributed by atoms with Crippen LogP contribution >= 0.6 is 0 Å². The van der Waals surface area contributed by atoms with Gasteiger partial charge in [0.2, 0.25) is 0 Å². The molecule has 0 aliphatic rings. The van der Waals surface area contributed by atoms with E-state index in [1.165, 1.54) is 6.08 Å². The number of hydrogen-bond acceptors (Lipinski definition) is 5. The highest BCUT2D eigenvalue weighted by molar-refractivity contribution is 6.00. The number of amides is 2. The van der Waals surface area contributed by atoms with Gasteiger partial charge in [0.05, 0.1) is 6.61 Å². The Labute approximate surface area is 163 Å². The van der Waals surface area contributed by atoms with Crippen LogP contribution in [0, 0.1) is 18.3 Å². The number of hydrogen-bond donors (Lipinski definition) is 2. The maximum Gasteiger partial charge on any atom is 0.262 e. The highest BCUT2D eigenvalue weighted by Crippen LogP contribution is 2.29. The molecule has 0 fully saturated rings. The molecule has 0 saturated carbocycles. The summed E-state index contributed by atoms with van der Waals surface area (Å²) in [6, 6.07) is 14.0. The first-order valence-electron chi connectivity index (χ1n) is 8.60. The van der Waals surface area contributed by atoms with Crippen LogP contribution in [0.1, 0.15) is 18.1 Å². The standard InChI is InChI=1S/C21H21N3O4/c1-3-27-19-11-15(10-16(12-22)21(23)26)6-9-18(19)28-13-20(25)24-17-7-4-14(2)5-8-17/h4-11H,3,13H2,1-2H3,(H2,23,26)(H,24,25). The molecule has 2 rings (SSSR count). The lowest BCUT2D eigenvalue weighted by Crippen LogP contribution is -2.20. The van der Waals surface area contributed by atoms with Gasteiger partial charge < -0.3 is 20.5 Å². The van der Waals surface area contributed by atoms with Crippen molar-refractivity contribution in [2.24, 2.45) is 5.73 Å². The van der Waals surface area contributed by atoms with Crippen LogP contribution in [0.5, 0.6) is 11.5 Å². The maximum atomic E-state index is 12.1. The van der Waals surface area contributed by atoms with Gasteiger partial charge >= 0.3 is 0 Å². The fraction of sp³-hybridized carbons (Fsp3) is 0.190. The Morgan fingerprint density at radius 3 is 2.46 bits per heavy atom. The highest BCUT2D eigenvalue weighted by Gasteiger charge is 2.11. The van der Waals surface area contributed by atoms with E-state index in [2.05, 4.69) is 5.32 Å². The van der Waals surface area contributed by atoms with Crippen LogP contribution in [-0.4, -0.2) is 25.0 Å². The molecule has 0 aromatic heterocycles. The second-order valence-electron chi connectivity index (χ2n) is 5.88. The summed E-state index contributed by atoms with van der Waals surface area (Å²) >= 11 is 0. The molecule has 0 aliphatic carbocycles. The second-order valence-corrected chi connectivity index (χ2v) is 5.88. The Hall–Kier alpha value is -3.79. The van der Waals surface area contributed by atoms with Crippen LogP contribution < -0.4 is 20.5 Å². The predicted molar refractivity (Wildman–Crippen MR) is 106 cm³/mol. The number of primary amides is 1. The Morgan fingerprint density at radius 1 is 1.14 bits per heavy atom. The molecule has 3 N–H and O–H groups in total. The van der Waals surface area contributed by atoms with Crippen molar-refractivity contribution in [1.29, 1.82) is 5.26 Å². The van der Waals surface area contributed by atoms with Gasteiger partial charge in [-0.1, -0.05) is 23.8 Å². The molecular weight excluding hydrogens is 358 g/mol. The Bertz CT molecular complexity index is 928. The van der Waals surface area contributed by atoms with E-state index >= 15 is 0 Å². The highest BCUT2D eigenvalue weighted by atomic mass is 16.5. The monoisotopic (exact) mass is 379 g/mol. The van der Waals surface area contributed by atoms with Crippen molar-refractivity contribution in [1.82, 2.24) is 0 Å². The van der Waals surface area contributed by atoms with E-state index in [0.717, 1.165) is 5.56 Å². The summed E-state index contributed by atoms with van der Waals surface area (Å²) in [7, 11) is 0. The van der Waals surface area contributed by atoms with E-state index in [0.29, 0.717) is 29.4 Å². The van der Waals surface area contributed by atoms with Gasteiger partial charge in [-0.2, -0.15) is 5.26 Å². The molecule has 0 unspecified atom stereocenters. The van der Waals surface area contributed by atoms with E-state index in [-0.39, 0.29) is 18.1 Å². The average molecular weight is 379 g/mol. The number of benzene rings is 2. The first-order valence-corrected chi connectivity index (χ1v) is 8.60. The zero-order chi connectivity index (χ0) is 20.5. The van der Waals surface area contributed by atoms with Gasteiger partial charge in [0, 0.05) is 5.69 Å². The van der Waals surface area contributed by atoms with Gasteiger partial charge in [-0.3, -0.25) is 9.59 Å². The minimum absolute atomic E-state index is 0.173. The lowest BCUT2D eigenvalue weighted by Gasteiger charge is -2.13. The quantitative estimate of drug-likeness (QED) is 0.541. The molecule has 0 spiro atoms. The number of nitrogens with zero attached hydrogens (tertiary/aromatic N) is 1. The molecule has 2 aromatic carbocycles. The molecule has 7 nitrogen and oxygen atoms in total. The molecule has 2 aromatic rings. The Balaban J connectivity index is 2.09. The lowest BCUT2D eigenvalue weighted by molar-refractivity contribution is -0.118.